The van der Waals surface area contributed by atoms with E-state index in [1.807, 2.05) is 36.5 Å². The fourth-order valence-corrected chi connectivity index (χ4v) is 4.14. The van der Waals surface area contributed by atoms with Crippen molar-refractivity contribution in [2.75, 3.05) is 38.2 Å². The zero-order valence-corrected chi connectivity index (χ0v) is 20.0. The molecule has 4 rings (SSSR count). The van der Waals surface area contributed by atoms with Crippen molar-refractivity contribution in [3.8, 4) is 0 Å². The fraction of sp³-hybridized carbons (Fsp3) is 0.240. The van der Waals surface area contributed by atoms with Crippen LogP contribution in [0, 0.1) is 0 Å². The Morgan fingerprint density at radius 2 is 1.94 bits per heavy atom. The molecule has 1 unspecified atom stereocenters. The van der Waals surface area contributed by atoms with Crippen LogP contribution in [0.25, 0.3) is 5.70 Å². The van der Waals surface area contributed by atoms with Gasteiger partial charge in [-0.05, 0) is 25.2 Å². The monoisotopic (exact) mass is 475 g/mol. The number of nitrogens with zero attached hydrogens (tertiary/aromatic N) is 3. The second-order valence-corrected chi connectivity index (χ2v) is 8.65. The van der Waals surface area contributed by atoms with Crippen LogP contribution in [0.2, 0.25) is 0 Å². The number of nitrogens with two attached hydrogens (primary N) is 3. The van der Waals surface area contributed by atoms with Crippen LogP contribution in [0.5, 0.6) is 0 Å². The molecule has 9 N–H and O–H groups in total. The van der Waals surface area contributed by atoms with Gasteiger partial charge in [-0.25, -0.2) is 0 Å². The van der Waals surface area contributed by atoms with Gasteiger partial charge in [-0.3, -0.25) is 9.69 Å². The lowest BCUT2D eigenvalue weighted by Crippen LogP contribution is -2.41. The summed E-state index contributed by atoms with van der Waals surface area (Å²) in [6.45, 7) is 2.06. The van der Waals surface area contributed by atoms with Crippen LogP contribution in [0.15, 0.2) is 66.6 Å². The molecule has 1 saturated heterocycles. The number of hydrazone groups is 1. The van der Waals surface area contributed by atoms with Crippen molar-refractivity contribution in [1.82, 2.24) is 15.4 Å². The summed E-state index contributed by atoms with van der Waals surface area (Å²) in [4.78, 5) is 15.1. The van der Waals surface area contributed by atoms with E-state index >= 15 is 0 Å². The molecule has 1 aliphatic heterocycles. The SMILES string of the molecule is CN[N+](=CC(N)=C(N)c1ccccc1N)c1ccc(C(=O)Nc2c[nH][n+](C3CCN(C)C3)c2)cc1. The maximum Gasteiger partial charge on any atom is 0.255 e. The molecule has 3 aromatic rings. The molecule has 10 heteroatoms. The number of amides is 1. The van der Waals surface area contributed by atoms with Gasteiger partial charge in [0.2, 0.25) is 18.1 Å². The number of para-hydroxylation sites is 1. The summed E-state index contributed by atoms with van der Waals surface area (Å²) < 4.78 is 3.77. The van der Waals surface area contributed by atoms with Crippen molar-refractivity contribution < 1.29 is 14.2 Å². The first-order valence-electron chi connectivity index (χ1n) is 11.5. The molecule has 0 radical (unpaired) electrons. The van der Waals surface area contributed by atoms with Gasteiger partial charge in [0, 0.05) is 41.9 Å². The predicted molar refractivity (Wildman–Crippen MR) is 138 cm³/mol. The first kappa shape index (κ1) is 23.8. The van der Waals surface area contributed by atoms with Gasteiger partial charge in [0.05, 0.1) is 25.5 Å². The van der Waals surface area contributed by atoms with E-state index in [-0.39, 0.29) is 5.91 Å². The highest BCUT2D eigenvalue weighted by Gasteiger charge is 2.29. The Bertz CT molecular complexity index is 1260. The van der Waals surface area contributed by atoms with Crippen molar-refractivity contribution in [2.45, 2.75) is 12.5 Å². The third kappa shape index (κ3) is 5.44. The Labute approximate surface area is 204 Å². The summed E-state index contributed by atoms with van der Waals surface area (Å²) in [5.41, 5.74) is 25.6. The number of aromatic amines is 1. The molecule has 1 fully saturated rings. The number of rotatable bonds is 7. The zero-order chi connectivity index (χ0) is 24.9. The van der Waals surface area contributed by atoms with Crippen molar-refractivity contribution in [3.05, 3.63) is 77.7 Å². The lowest BCUT2D eigenvalue weighted by atomic mass is 10.1. The molecule has 1 aromatic heterocycles. The topological polar surface area (TPSA) is 145 Å². The first-order chi connectivity index (χ1) is 16.9. The molecule has 10 nitrogen and oxygen atoms in total. The van der Waals surface area contributed by atoms with Crippen molar-refractivity contribution in [1.29, 1.82) is 0 Å². The van der Waals surface area contributed by atoms with Gasteiger partial charge < -0.3 is 22.5 Å². The first-order valence-corrected chi connectivity index (χ1v) is 11.5. The average molecular weight is 476 g/mol. The molecule has 0 bridgehead atoms. The van der Waals surface area contributed by atoms with Gasteiger partial charge in [0.25, 0.3) is 5.91 Å². The number of carbonyl (C=O) groups excluding carboxylic acids is 1. The molecular weight excluding hydrogens is 442 g/mol. The molecule has 1 atom stereocenters. The molecule has 35 heavy (non-hydrogen) atoms. The maximum atomic E-state index is 12.8. The van der Waals surface area contributed by atoms with Gasteiger partial charge in [-0.2, -0.15) is 10.5 Å². The normalized spacial score (nSPS) is 17.2. The number of hydrogen-bond donors (Lipinski definition) is 6. The van der Waals surface area contributed by atoms with Crippen LogP contribution >= 0.6 is 0 Å². The number of likely N-dealkylation sites (tertiary alicyclic amines) is 1. The van der Waals surface area contributed by atoms with Gasteiger partial charge in [-0.1, -0.05) is 22.9 Å². The quantitative estimate of drug-likeness (QED) is 0.131. The lowest BCUT2D eigenvalue weighted by Gasteiger charge is -2.07. The predicted octanol–water partition coefficient (Wildman–Crippen LogP) is 1.15. The summed E-state index contributed by atoms with van der Waals surface area (Å²) in [5.74, 6) is -0.186. The minimum Gasteiger partial charge on any atom is -0.398 e. The van der Waals surface area contributed by atoms with E-state index in [4.69, 9.17) is 17.2 Å². The van der Waals surface area contributed by atoms with Crippen LogP contribution < -0.4 is 32.6 Å². The summed E-state index contributed by atoms with van der Waals surface area (Å²) in [7, 11) is 3.88. The Balaban J connectivity index is 1.46. The number of H-pyrrole nitrogens is 1. The third-order valence-corrected chi connectivity index (χ3v) is 6.14. The van der Waals surface area contributed by atoms with Gasteiger partial charge in [0.15, 0.2) is 6.04 Å². The maximum absolute atomic E-state index is 12.8. The number of anilines is 2. The van der Waals surface area contributed by atoms with Crippen LogP contribution in [0.4, 0.5) is 17.1 Å². The molecular formula is C25H33N9O+2. The molecule has 182 valence electrons. The molecule has 1 aliphatic rings. The zero-order valence-electron chi connectivity index (χ0n) is 20.0. The van der Waals surface area contributed by atoms with Crippen molar-refractivity contribution in [2.24, 2.45) is 11.5 Å². The average Bonchev–Trinajstić information content (AvgIpc) is 3.51. The van der Waals surface area contributed by atoms with E-state index < -0.39 is 0 Å². The number of benzene rings is 2. The molecule has 0 aliphatic carbocycles. The minimum absolute atomic E-state index is 0.186. The highest BCUT2D eigenvalue weighted by atomic mass is 16.1. The van der Waals surface area contributed by atoms with Crippen LogP contribution in [-0.4, -0.2) is 54.0 Å². The lowest BCUT2D eigenvalue weighted by molar-refractivity contribution is -0.770. The summed E-state index contributed by atoms with van der Waals surface area (Å²) >= 11 is 0. The number of carbonyl (C=O) groups is 1. The Morgan fingerprint density at radius 3 is 2.60 bits per heavy atom. The number of hydrogen-bond acceptors (Lipinski definition) is 6. The second kappa shape index (κ2) is 10.3. The van der Waals surface area contributed by atoms with Crippen LogP contribution in [0.3, 0.4) is 0 Å². The smallest absolute Gasteiger partial charge is 0.255 e. The Hall–Kier alpha value is -4.31. The fourth-order valence-electron chi connectivity index (χ4n) is 4.14. The summed E-state index contributed by atoms with van der Waals surface area (Å²) in [5, 5.41) is 6.17. The second-order valence-electron chi connectivity index (χ2n) is 8.65. The third-order valence-electron chi connectivity index (χ3n) is 6.14. The molecule has 0 spiro atoms. The van der Waals surface area contributed by atoms with Crippen LogP contribution in [-0.2, 0) is 0 Å². The number of nitrogen functional groups attached to an aromatic ring is 1. The van der Waals surface area contributed by atoms with E-state index in [1.54, 1.807) is 42.3 Å². The Morgan fingerprint density at radius 1 is 1.20 bits per heavy atom. The molecule has 2 aromatic carbocycles. The Kier molecular flexibility index (Phi) is 7.02. The number of hydrazine groups is 1. The van der Waals surface area contributed by atoms with Gasteiger partial charge >= 0.3 is 0 Å². The summed E-state index contributed by atoms with van der Waals surface area (Å²) in [6.07, 6.45) is 6.50. The van der Waals surface area contributed by atoms with Crippen molar-refractivity contribution >= 4 is 34.9 Å². The van der Waals surface area contributed by atoms with Gasteiger partial charge in [-0.15, -0.1) is 4.68 Å². The van der Waals surface area contributed by atoms with Crippen molar-refractivity contribution in [3.63, 3.8) is 0 Å². The number of likely N-dealkylation sites (N-methyl/N-ethyl adjacent to an activating group) is 1. The van der Waals surface area contributed by atoms with Crippen LogP contribution in [0.1, 0.15) is 28.4 Å². The minimum atomic E-state index is -0.186. The van der Waals surface area contributed by atoms with E-state index in [0.29, 0.717) is 34.3 Å². The highest BCUT2D eigenvalue weighted by Crippen LogP contribution is 2.19. The molecule has 2 heterocycles. The van der Waals surface area contributed by atoms with Gasteiger partial charge in [0.1, 0.15) is 11.4 Å². The van der Waals surface area contributed by atoms with E-state index in [9.17, 15) is 4.79 Å². The standard InChI is InChI=1S/C25H31N9O/c1-29-33(16-23(27)24(28)21-5-3-4-6-22(21)26)19-9-7-17(8-10-19)25(35)31-18-13-30-34(14-18)20-11-12-32(2)15-20/h3-10,13-14,16,20,29H,11-12,15,27H2,1-2H3,(H4,26,28,31,35)/p+2. The van der Waals surface area contributed by atoms with E-state index in [1.165, 1.54) is 0 Å². The highest BCUT2D eigenvalue weighted by molar-refractivity contribution is 6.04. The summed E-state index contributed by atoms with van der Waals surface area (Å²) in [6, 6.07) is 14.8. The number of aromatic nitrogens is 2. The largest absolute Gasteiger partial charge is 0.398 e. The number of allylic oxidation sites excluding steroid dienone is 1. The number of nitrogens with one attached hydrogen (secondary N) is 3. The molecule has 1 amide bonds. The van der Waals surface area contributed by atoms with E-state index in [2.05, 4.69) is 32.5 Å². The molecule has 0 saturated carbocycles. The van der Waals surface area contributed by atoms with E-state index in [0.717, 1.165) is 30.9 Å².